The second-order valence-corrected chi connectivity index (χ2v) is 6.22. The summed E-state index contributed by atoms with van der Waals surface area (Å²) in [5, 5.41) is 2.41. The number of piperidine rings is 1. The summed E-state index contributed by atoms with van der Waals surface area (Å²) in [4.78, 5) is 25.0. The molecule has 1 spiro atoms. The van der Waals surface area contributed by atoms with Crippen molar-refractivity contribution >= 4 is 23.5 Å². The van der Waals surface area contributed by atoms with Gasteiger partial charge in [-0.2, -0.15) is 0 Å². The van der Waals surface area contributed by atoms with Crippen LogP contribution in [0.5, 0.6) is 0 Å². The van der Waals surface area contributed by atoms with E-state index in [0.717, 1.165) is 25.9 Å². The molecular formula is C14H23ClN2O2. The van der Waals surface area contributed by atoms with E-state index in [4.69, 9.17) is 11.6 Å². The number of nitrogens with one attached hydrogen (secondary N) is 1. The fourth-order valence-corrected chi connectivity index (χ4v) is 3.50. The van der Waals surface area contributed by atoms with Crippen LogP contribution in [-0.4, -0.2) is 35.8 Å². The number of halogens is 1. The topological polar surface area (TPSA) is 49.4 Å². The lowest BCUT2D eigenvalue weighted by Crippen LogP contribution is -2.49. The molecule has 1 N–H and O–H groups in total. The van der Waals surface area contributed by atoms with Crippen molar-refractivity contribution in [3.05, 3.63) is 0 Å². The number of urea groups is 1. The molecule has 19 heavy (non-hydrogen) atoms. The van der Waals surface area contributed by atoms with Gasteiger partial charge < -0.3 is 4.90 Å². The average molecular weight is 287 g/mol. The number of amides is 3. The van der Waals surface area contributed by atoms with Gasteiger partial charge in [-0.25, -0.2) is 4.79 Å². The summed E-state index contributed by atoms with van der Waals surface area (Å²) in [6, 6.07) is -0.249. The number of rotatable bonds is 2. The van der Waals surface area contributed by atoms with Crippen LogP contribution in [0, 0.1) is 5.41 Å². The number of alkyl halides is 1. The first-order valence-corrected chi connectivity index (χ1v) is 7.83. The van der Waals surface area contributed by atoms with E-state index in [9.17, 15) is 9.59 Å². The van der Waals surface area contributed by atoms with Crippen molar-refractivity contribution in [2.75, 3.05) is 19.0 Å². The smallest absolute Gasteiger partial charge is 0.324 e. The molecule has 1 aliphatic heterocycles. The van der Waals surface area contributed by atoms with E-state index in [1.807, 2.05) is 0 Å². The molecule has 1 aliphatic carbocycles. The highest BCUT2D eigenvalue weighted by atomic mass is 35.5. The van der Waals surface area contributed by atoms with Crippen LogP contribution in [0.2, 0.25) is 0 Å². The minimum Gasteiger partial charge on any atom is -0.324 e. The average Bonchev–Trinajstić information content (AvgIpc) is 2.40. The second-order valence-electron chi connectivity index (χ2n) is 5.84. The monoisotopic (exact) mass is 286 g/mol. The Hall–Kier alpha value is -0.770. The molecule has 0 unspecified atom stereocenters. The van der Waals surface area contributed by atoms with E-state index < -0.39 is 0 Å². The molecule has 1 heterocycles. The van der Waals surface area contributed by atoms with Crippen LogP contribution in [-0.2, 0) is 4.79 Å². The van der Waals surface area contributed by atoms with Crippen LogP contribution in [0.3, 0.4) is 0 Å². The van der Waals surface area contributed by atoms with Crippen LogP contribution >= 0.6 is 11.6 Å². The van der Waals surface area contributed by atoms with Crippen molar-refractivity contribution in [3.63, 3.8) is 0 Å². The normalized spacial score (nSPS) is 22.3. The van der Waals surface area contributed by atoms with E-state index >= 15 is 0 Å². The quantitative estimate of drug-likeness (QED) is 0.794. The van der Waals surface area contributed by atoms with Gasteiger partial charge in [0.15, 0.2) is 0 Å². The van der Waals surface area contributed by atoms with Crippen LogP contribution in [0.25, 0.3) is 0 Å². The van der Waals surface area contributed by atoms with E-state index in [1.54, 1.807) is 4.90 Å². The summed E-state index contributed by atoms with van der Waals surface area (Å²) in [5.41, 5.74) is 0.481. The molecule has 5 heteroatoms. The molecule has 108 valence electrons. The van der Waals surface area contributed by atoms with Gasteiger partial charge in [-0.3, -0.25) is 10.1 Å². The van der Waals surface area contributed by atoms with E-state index in [1.165, 1.54) is 32.1 Å². The lowest BCUT2D eigenvalue weighted by Gasteiger charge is -2.44. The fraction of sp³-hybridized carbons (Fsp3) is 0.857. The molecule has 2 fully saturated rings. The van der Waals surface area contributed by atoms with Gasteiger partial charge in [0.05, 0.1) is 0 Å². The lowest BCUT2D eigenvalue weighted by molar-refractivity contribution is -0.119. The van der Waals surface area contributed by atoms with Crippen molar-refractivity contribution in [2.24, 2.45) is 5.41 Å². The third kappa shape index (κ3) is 3.85. The molecular weight excluding hydrogens is 264 g/mol. The van der Waals surface area contributed by atoms with Gasteiger partial charge in [-0.05, 0) is 31.1 Å². The highest BCUT2D eigenvalue weighted by Crippen LogP contribution is 2.44. The minimum atomic E-state index is -0.280. The van der Waals surface area contributed by atoms with Gasteiger partial charge in [0.1, 0.15) is 0 Å². The molecule has 3 amide bonds. The summed E-state index contributed by atoms with van der Waals surface area (Å²) < 4.78 is 0. The summed E-state index contributed by atoms with van der Waals surface area (Å²) in [7, 11) is 0. The summed E-state index contributed by atoms with van der Waals surface area (Å²) in [5.74, 6) is -0.0275. The van der Waals surface area contributed by atoms with Gasteiger partial charge >= 0.3 is 6.03 Å². The number of hydrogen-bond acceptors (Lipinski definition) is 2. The van der Waals surface area contributed by atoms with Gasteiger partial charge in [0.2, 0.25) is 5.91 Å². The Morgan fingerprint density at radius 2 is 1.68 bits per heavy atom. The molecule has 0 radical (unpaired) electrons. The second kappa shape index (κ2) is 6.60. The Morgan fingerprint density at radius 1 is 1.05 bits per heavy atom. The number of imide groups is 1. The predicted molar refractivity (Wildman–Crippen MR) is 75.2 cm³/mol. The lowest BCUT2D eigenvalue weighted by atomic mass is 9.68. The van der Waals surface area contributed by atoms with Crippen molar-refractivity contribution < 1.29 is 9.59 Å². The molecule has 0 aromatic rings. The van der Waals surface area contributed by atoms with Crippen LogP contribution < -0.4 is 5.32 Å². The van der Waals surface area contributed by atoms with E-state index in [-0.39, 0.29) is 24.2 Å². The maximum absolute atomic E-state index is 11.9. The molecule has 1 saturated carbocycles. The number of likely N-dealkylation sites (tertiary alicyclic amines) is 1. The van der Waals surface area contributed by atoms with Crippen molar-refractivity contribution in [2.45, 2.75) is 51.4 Å². The van der Waals surface area contributed by atoms with Crippen LogP contribution in [0.1, 0.15) is 51.4 Å². The maximum Gasteiger partial charge on any atom is 0.324 e. The molecule has 2 rings (SSSR count). The molecule has 2 aliphatic rings. The van der Waals surface area contributed by atoms with E-state index in [2.05, 4.69) is 5.32 Å². The zero-order valence-electron chi connectivity index (χ0n) is 11.4. The molecule has 0 aromatic heterocycles. The first-order valence-electron chi connectivity index (χ1n) is 7.30. The van der Waals surface area contributed by atoms with Gasteiger partial charge in [-0.15, -0.1) is 11.6 Å². The van der Waals surface area contributed by atoms with Gasteiger partial charge in [0, 0.05) is 25.4 Å². The number of hydrogen-bond donors (Lipinski definition) is 1. The summed E-state index contributed by atoms with van der Waals surface area (Å²) in [6.07, 6.45) is 9.03. The largest absolute Gasteiger partial charge is 0.324 e. The number of carbonyl (C=O) groups excluding carboxylic acids is 2. The third-order valence-corrected chi connectivity index (χ3v) is 4.78. The first-order chi connectivity index (χ1) is 9.15. The first kappa shape index (κ1) is 14.6. The molecule has 4 nitrogen and oxygen atoms in total. The molecule has 0 bridgehead atoms. The summed E-state index contributed by atoms with van der Waals surface area (Å²) in [6.45, 7) is 1.56. The number of carbonyl (C=O) groups is 2. The molecule has 1 saturated heterocycles. The Labute approximate surface area is 119 Å². The molecule has 0 aromatic carbocycles. The number of nitrogens with zero attached hydrogens (tertiary/aromatic N) is 1. The highest BCUT2D eigenvalue weighted by molar-refractivity contribution is 6.19. The minimum absolute atomic E-state index is 0.199. The zero-order chi connectivity index (χ0) is 13.7. The summed E-state index contributed by atoms with van der Waals surface area (Å²) >= 11 is 5.48. The predicted octanol–water partition coefficient (Wildman–Crippen LogP) is 2.90. The standard InChI is InChI=1S/C14H23ClN2O2/c15-9-4-12(18)16-13(19)17-10-7-14(8-11-17)5-2-1-3-6-14/h1-11H2,(H,16,18,19). The molecule has 0 atom stereocenters. The van der Waals surface area contributed by atoms with Gasteiger partial charge in [-0.1, -0.05) is 19.3 Å². The zero-order valence-corrected chi connectivity index (χ0v) is 12.2. The van der Waals surface area contributed by atoms with Crippen LogP contribution in [0.4, 0.5) is 4.79 Å². The van der Waals surface area contributed by atoms with Crippen molar-refractivity contribution in [1.29, 1.82) is 0 Å². The SMILES string of the molecule is O=C(CCCl)NC(=O)N1CCC2(CCCCC2)CC1. The van der Waals surface area contributed by atoms with Gasteiger partial charge in [0.25, 0.3) is 0 Å². The van der Waals surface area contributed by atoms with Crippen LogP contribution in [0.15, 0.2) is 0 Å². The van der Waals surface area contributed by atoms with E-state index in [0.29, 0.717) is 5.41 Å². The van der Waals surface area contributed by atoms with Crippen molar-refractivity contribution in [1.82, 2.24) is 10.2 Å². The Balaban J connectivity index is 1.79. The third-order valence-electron chi connectivity index (χ3n) is 4.59. The fourth-order valence-electron chi connectivity index (χ4n) is 3.33. The Bertz CT molecular complexity index is 330. The van der Waals surface area contributed by atoms with Crippen molar-refractivity contribution in [3.8, 4) is 0 Å². The Kier molecular flexibility index (Phi) is 5.08. The Morgan fingerprint density at radius 3 is 2.26 bits per heavy atom. The maximum atomic E-state index is 11.9. The highest BCUT2D eigenvalue weighted by Gasteiger charge is 2.36.